The van der Waals surface area contributed by atoms with Gasteiger partial charge in [-0.05, 0) is 43.9 Å². The molecule has 0 radical (unpaired) electrons. The quantitative estimate of drug-likeness (QED) is 0.873. The molecule has 0 aliphatic rings. The van der Waals surface area contributed by atoms with Crippen molar-refractivity contribution in [3.8, 4) is 0 Å². The van der Waals surface area contributed by atoms with E-state index in [4.69, 9.17) is 11.6 Å². The predicted octanol–water partition coefficient (Wildman–Crippen LogP) is 3.58. The van der Waals surface area contributed by atoms with Gasteiger partial charge in [-0.1, -0.05) is 25.4 Å². The lowest BCUT2D eigenvalue weighted by atomic mass is 10.1. The third-order valence-electron chi connectivity index (χ3n) is 2.72. The average molecular weight is 308 g/mol. The topological polar surface area (TPSA) is 46.2 Å². The first-order valence-corrected chi connectivity index (χ1v) is 8.06. The number of rotatable bonds is 6. The predicted molar refractivity (Wildman–Crippen MR) is 75.3 cm³/mol. The molecule has 1 aromatic carbocycles. The summed E-state index contributed by atoms with van der Waals surface area (Å²) in [6.07, 6.45) is 1.68. The zero-order valence-electron chi connectivity index (χ0n) is 11.3. The van der Waals surface area contributed by atoms with E-state index in [1.165, 1.54) is 6.07 Å². The van der Waals surface area contributed by atoms with Crippen LogP contribution in [0.4, 0.5) is 4.39 Å². The first-order chi connectivity index (χ1) is 8.72. The lowest BCUT2D eigenvalue weighted by Gasteiger charge is -2.16. The van der Waals surface area contributed by atoms with Crippen LogP contribution in [0.1, 0.15) is 33.6 Å². The molecular weight excluding hydrogens is 289 g/mol. The molecule has 0 heterocycles. The number of hydrogen-bond donors (Lipinski definition) is 1. The van der Waals surface area contributed by atoms with Crippen molar-refractivity contribution in [1.82, 2.24) is 4.72 Å². The van der Waals surface area contributed by atoms with Crippen LogP contribution in [0.25, 0.3) is 0 Å². The smallest absolute Gasteiger partial charge is 0.208 e. The van der Waals surface area contributed by atoms with E-state index < -0.39 is 15.8 Å². The number of nitrogens with one attached hydrogen (secondary N) is 1. The van der Waals surface area contributed by atoms with Gasteiger partial charge in [0, 0.05) is 6.04 Å². The van der Waals surface area contributed by atoms with Gasteiger partial charge >= 0.3 is 0 Å². The maximum absolute atomic E-state index is 12.9. The van der Waals surface area contributed by atoms with Crippen molar-refractivity contribution in [2.24, 2.45) is 5.92 Å². The summed E-state index contributed by atoms with van der Waals surface area (Å²) in [5, 5.41) is -0.108. The van der Waals surface area contributed by atoms with Crippen LogP contribution < -0.4 is 4.72 Å². The number of hydrogen-bond acceptors (Lipinski definition) is 2. The number of benzene rings is 1. The van der Waals surface area contributed by atoms with Gasteiger partial charge in [0.1, 0.15) is 10.7 Å². The van der Waals surface area contributed by atoms with Crippen molar-refractivity contribution < 1.29 is 12.8 Å². The van der Waals surface area contributed by atoms with E-state index in [9.17, 15) is 12.8 Å². The van der Waals surface area contributed by atoms with Gasteiger partial charge in [-0.2, -0.15) is 0 Å². The molecule has 0 aliphatic heterocycles. The number of sulfonamides is 1. The fourth-order valence-corrected chi connectivity index (χ4v) is 3.47. The van der Waals surface area contributed by atoms with E-state index in [0.29, 0.717) is 5.92 Å². The highest BCUT2D eigenvalue weighted by atomic mass is 35.5. The van der Waals surface area contributed by atoms with Crippen molar-refractivity contribution in [2.75, 3.05) is 0 Å². The molecule has 0 unspecified atom stereocenters. The Labute approximate surface area is 119 Å². The van der Waals surface area contributed by atoms with Crippen LogP contribution in [0.3, 0.4) is 0 Å². The highest BCUT2D eigenvalue weighted by Gasteiger charge is 2.20. The standard InChI is InChI=1S/C13H19ClFNO2S/c1-9(2)4-5-10(3)16-19(17,18)13-7-6-11(15)8-12(13)14/h6-10,16H,4-5H2,1-3H3/t10-/m0/s1. The minimum Gasteiger partial charge on any atom is -0.208 e. The Bertz CT molecular complexity index is 531. The van der Waals surface area contributed by atoms with Crippen molar-refractivity contribution in [2.45, 2.75) is 44.6 Å². The third kappa shape index (κ3) is 5.09. The second kappa shape index (κ2) is 6.68. The molecular formula is C13H19ClFNO2S. The van der Waals surface area contributed by atoms with Crippen LogP contribution >= 0.6 is 11.6 Å². The first kappa shape index (κ1) is 16.4. The summed E-state index contributed by atoms with van der Waals surface area (Å²) in [6, 6.07) is 3.07. The molecule has 3 nitrogen and oxygen atoms in total. The summed E-state index contributed by atoms with van der Waals surface area (Å²) < 4.78 is 39.7. The lowest BCUT2D eigenvalue weighted by Crippen LogP contribution is -2.33. The molecule has 0 saturated heterocycles. The molecule has 0 amide bonds. The van der Waals surface area contributed by atoms with Crippen LogP contribution in [0.15, 0.2) is 23.1 Å². The monoisotopic (exact) mass is 307 g/mol. The second-order valence-corrected chi connectivity index (χ2v) is 7.16. The largest absolute Gasteiger partial charge is 0.242 e. The second-order valence-electron chi connectivity index (χ2n) is 5.07. The van der Waals surface area contributed by atoms with Gasteiger partial charge < -0.3 is 0 Å². The molecule has 0 aliphatic carbocycles. The molecule has 108 valence electrons. The Hall–Kier alpha value is -0.650. The summed E-state index contributed by atoms with van der Waals surface area (Å²) in [7, 11) is -3.70. The van der Waals surface area contributed by atoms with E-state index in [-0.39, 0.29) is 16.0 Å². The molecule has 0 fully saturated rings. The molecule has 1 rings (SSSR count). The minimum atomic E-state index is -3.70. The van der Waals surface area contributed by atoms with Crippen LogP contribution in [-0.2, 0) is 10.0 Å². The Balaban J connectivity index is 2.81. The maximum atomic E-state index is 12.9. The van der Waals surface area contributed by atoms with E-state index in [0.717, 1.165) is 25.0 Å². The average Bonchev–Trinajstić information content (AvgIpc) is 2.25. The molecule has 1 aromatic rings. The van der Waals surface area contributed by atoms with E-state index in [2.05, 4.69) is 18.6 Å². The van der Waals surface area contributed by atoms with Gasteiger partial charge in [0.2, 0.25) is 10.0 Å². The van der Waals surface area contributed by atoms with Crippen molar-refractivity contribution in [1.29, 1.82) is 0 Å². The van der Waals surface area contributed by atoms with Crippen molar-refractivity contribution in [3.63, 3.8) is 0 Å². The Kier molecular flexibility index (Phi) is 5.77. The summed E-state index contributed by atoms with van der Waals surface area (Å²) >= 11 is 5.77. The Morgan fingerprint density at radius 1 is 1.26 bits per heavy atom. The molecule has 0 spiro atoms. The third-order valence-corrected chi connectivity index (χ3v) is 4.79. The zero-order valence-corrected chi connectivity index (χ0v) is 12.9. The summed E-state index contributed by atoms with van der Waals surface area (Å²) in [6.45, 7) is 5.97. The van der Waals surface area contributed by atoms with Gasteiger partial charge in [0.05, 0.1) is 5.02 Å². The zero-order chi connectivity index (χ0) is 14.6. The van der Waals surface area contributed by atoms with Crippen LogP contribution in [0, 0.1) is 11.7 Å². The molecule has 0 aromatic heterocycles. The Morgan fingerprint density at radius 3 is 2.42 bits per heavy atom. The SMILES string of the molecule is CC(C)CC[C@H](C)NS(=O)(=O)c1ccc(F)cc1Cl. The fraction of sp³-hybridized carbons (Fsp3) is 0.538. The summed E-state index contributed by atoms with van der Waals surface area (Å²) in [5.41, 5.74) is 0. The molecule has 0 bridgehead atoms. The normalized spacial score (nSPS) is 13.8. The summed E-state index contributed by atoms with van der Waals surface area (Å²) in [4.78, 5) is -0.0908. The molecule has 19 heavy (non-hydrogen) atoms. The van der Waals surface area contributed by atoms with E-state index in [1.54, 1.807) is 6.92 Å². The molecule has 6 heteroatoms. The molecule has 1 atom stereocenters. The highest BCUT2D eigenvalue weighted by molar-refractivity contribution is 7.89. The summed E-state index contributed by atoms with van der Waals surface area (Å²) in [5.74, 6) is -0.0434. The minimum absolute atomic E-state index is 0.0908. The van der Waals surface area contributed by atoms with Crippen LogP contribution in [0.2, 0.25) is 5.02 Å². The van der Waals surface area contributed by atoms with E-state index in [1.807, 2.05) is 0 Å². The Morgan fingerprint density at radius 2 is 1.89 bits per heavy atom. The fourth-order valence-electron chi connectivity index (χ4n) is 1.66. The van der Waals surface area contributed by atoms with Gasteiger partial charge in [-0.25, -0.2) is 17.5 Å². The van der Waals surface area contributed by atoms with Gasteiger partial charge in [-0.15, -0.1) is 0 Å². The molecule has 0 saturated carbocycles. The van der Waals surface area contributed by atoms with Gasteiger partial charge in [-0.3, -0.25) is 0 Å². The van der Waals surface area contributed by atoms with Crippen LogP contribution in [-0.4, -0.2) is 14.5 Å². The highest BCUT2D eigenvalue weighted by Crippen LogP contribution is 2.22. The molecule has 1 N–H and O–H groups in total. The van der Waals surface area contributed by atoms with Crippen LogP contribution in [0.5, 0.6) is 0 Å². The number of halogens is 2. The van der Waals surface area contributed by atoms with Crippen molar-refractivity contribution in [3.05, 3.63) is 29.0 Å². The van der Waals surface area contributed by atoms with Crippen molar-refractivity contribution >= 4 is 21.6 Å². The van der Waals surface area contributed by atoms with Gasteiger partial charge in [0.25, 0.3) is 0 Å². The maximum Gasteiger partial charge on any atom is 0.242 e. The first-order valence-electron chi connectivity index (χ1n) is 6.19. The van der Waals surface area contributed by atoms with Gasteiger partial charge in [0.15, 0.2) is 0 Å². The van der Waals surface area contributed by atoms with E-state index >= 15 is 0 Å². The lowest BCUT2D eigenvalue weighted by molar-refractivity contribution is 0.485.